The predicted octanol–water partition coefficient (Wildman–Crippen LogP) is 3.55. The number of carbonyl (C=O) groups excluding carboxylic acids is 1. The summed E-state index contributed by atoms with van der Waals surface area (Å²) in [5.41, 5.74) is 1.93. The van der Waals surface area contributed by atoms with Crippen LogP contribution in [0.3, 0.4) is 0 Å². The van der Waals surface area contributed by atoms with E-state index in [0.29, 0.717) is 36.3 Å². The molecule has 3 rings (SSSR count). The molecule has 0 saturated heterocycles. The highest BCUT2D eigenvalue weighted by Crippen LogP contribution is 2.30. The van der Waals surface area contributed by atoms with Crippen molar-refractivity contribution in [3.63, 3.8) is 0 Å². The van der Waals surface area contributed by atoms with E-state index in [4.69, 9.17) is 0 Å². The Morgan fingerprint density at radius 1 is 1.14 bits per heavy atom. The number of anilines is 2. The molecule has 0 bridgehead atoms. The lowest BCUT2D eigenvalue weighted by Gasteiger charge is -2.29. The molecule has 1 amide bonds. The van der Waals surface area contributed by atoms with Gasteiger partial charge in [-0.3, -0.25) is 9.10 Å². The maximum absolute atomic E-state index is 12.4. The van der Waals surface area contributed by atoms with E-state index in [-0.39, 0.29) is 5.75 Å². The lowest BCUT2D eigenvalue weighted by molar-refractivity contribution is -0.274. The van der Waals surface area contributed by atoms with Crippen molar-refractivity contribution in [1.82, 2.24) is 0 Å². The van der Waals surface area contributed by atoms with Crippen molar-refractivity contribution < 1.29 is 31.1 Å². The molecule has 0 aromatic heterocycles. The molecule has 2 aromatic carbocycles. The number of hydrogen-bond donors (Lipinski definition) is 1. The third-order valence-electron chi connectivity index (χ3n) is 4.16. The van der Waals surface area contributed by atoms with Crippen molar-refractivity contribution in [1.29, 1.82) is 0 Å². The monoisotopic (exact) mass is 414 g/mol. The number of alkyl halides is 3. The van der Waals surface area contributed by atoms with Gasteiger partial charge < -0.3 is 10.1 Å². The van der Waals surface area contributed by atoms with Crippen LogP contribution in [0, 0.1) is 0 Å². The molecule has 0 unspecified atom stereocenters. The number of halogens is 3. The zero-order chi connectivity index (χ0) is 20.5. The van der Waals surface area contributed by atoms with Crippen LogP contribution in [0.4, 0.5) is 24.5 Å². The summed E-state index contributed by atoms with van der Waals surface area (Å²) in [7, 11) is -3.40. The van der Waals surface area contributed by atoms with Crippen LogP contribution in [-0.4, -0.2) is 33.5 Å². The fraction of sp³-hybridized carbons (Fsp3) is 0.278. The Morgan fingerprint density at radius 3 is 2.43 bits per heavy atom. The first-order valence-corrected chi connectivity index (χ1v) is 10.2. The number of amides is 1. The van der Waals surface area contributed by atoms with Gasteiger partial charge in [0, 0.05) is 17.8 Å². The Balaban J connectivity index is 1.75. The smallest absolute Gasteiger partial charge is 0.406 e. The Morgan fingerprint density at radius 2 is 1.82 bits per heavy atom. The van der Waals surface area contributed by atoms with E-state index in [2.05, 4.69) is 10.1 Å². The third kappa shape index (κ3) is 4.75. The van der Waals surface area contributed by atoms with E-state index in [1.807, 2.05) is 0 Å². The van der Waals surface area contributed by atoms with Gasteiger partial charge in [0.25, 0.3) is 5.91 Å². The van der Waals surface area contributed by atoms with Gasteiger partial charge in [0.1, 0.15) is 5.75 Å². The Hall–Kier alpha value is -2.75. The average molecular weight is 414 g/mol. The number of carbonyl (C=O) groups is 1. The van der Waals surface area contributed by atoms with Crippen LogP contribution in [0.1, 0.15) is 22.3 Å². The molecule has 1 aliphatic heterocycles. The predicted molar refractivity (Wildman–Crippen MR) is 98.0 cm³/mol. The second kappa shape index (κ2) is 7.34. The fourth-order valence-corrected chi connectivity index (χ4v) is 3.99. The number of fused-ring (bicyclic) bond motifs is 1. The summed E-state index contributed by atoms with van der Waals surface area (Å²) in [6, 6.07) is 9.51. The van der Waals surface area contributed by atoms with Gasteiger partial charge in [0.15, 0.2) is 0 Å². The number of hydrogen-bond acceptors (Lipinski definition) is 4. The maximum Gasteiger partial charge on any atom is 0.573 e. The van der Waals surface area contributed by atoms with E-state index >= 15 is 0 Å². The number of rotatable bonds is 4. The number of aryl methyl sites for hydroxylation is 1. The van der Waals surface area contributed by atoms with Gasteiger partial charge in [-0.15, -0.1) is 13.2 Å². The van der Waals surface area contributed by atoms with Crippen LogP contribution in [-0.2, 0) is 16.4 Å². The van der Waals surface area contributed by atoms with E-state index < -0.39 is 22.3 Å². The van der Waals surface area contributed by atoms with Crippen LogP contribution in [0.2, 0.25) is 0 Å². The molecule has 0 aliphatic carbocycles. The lowest BCUT2D eigenvalue weighted by atomic mass is 10.0. The summed E-state index contributed by atoms with van der Waals surface area (Å²) in [5, 5.41) is 2.59. The van der Waals surface area contributed by atoms with Crippen molar-refractivity contribution in [2.45, 2.75) is 19.2 Å². The fourth-order valence-electron chi connectivity index (χ4n) is 2.99. The second-order valence-electron chi connectivity index (χ2n) is 6.31. The Kier molecular flexibility index (Phi) is 5.24. The second-order valence-corrected chi connectivity index (χ2v) is 8.22. The summed E-state index contributed by atoms with van der Waals surface area (Å²) >= 11 is 0. The number of sulfonamides is 1. The Bertz CT molecular complexity index is 989. The summed E-state index contributed by atoms with van der Waals surface area (Å²) in [5.74, 6) is -0.844. The average Bonchev–Trinajstić information content (AvgIpc) is 2.60. The molecule has 0 atom stereocenters. The van der Waals surface area contributed by atoms with Gasteiger partial charge in [-0.2, -0.15) is 0 Å². The molecule has 0 spiro atoms. The summed E-state index contributed by atoms with van der Waals surface area (Å²) in [4.78, 5) is 12.4. The van der Waals surface area contributed by atoms with Crippen LogP contribution in [0.25, 0.3) is 0 Å². The molecule has 28 heavy (non-hydrogen) atoms. The van der Waals surface area contributed by atoms with Crippen molar-refractivity contribution in [2.75, 3.05) is 22.4 Å². The topological polar surface area (TPSA) is 75.7 Å². The standard InChI is InChI=1S/C18H17F3N2O4S/c1-28(25,26)23-10-2-3-12-11-13(4-9-16(12)23)17(24)22-14-5-7-15(8-6-14)27-18(19,20)21/h4-9,11H,2-3,10H2,1H3,(H,22,24). The number of nitrogens with zero attached hydrogens (tertiary/aromatic N) is 1. The van der Waals surface area contributed by atoms with E-state index in [1.54, 1.807) is 12.1 Å². The highest BCUT2D eigenvalue weighted by Gasteiger charge is 2.31. The minimum atomic E-state index is -4.78. The molecule has 150 valence electrons. The number of nitrogens with one attached hydrogen (secondary N) is 1. The summed E-state index contributed by atoms with van der Waals surface area (Å²) in [6.45, 7) is 0.393. The molecule has 1 N–H and O–H groups in total. The maximum atomic E-state index is 12.4. The van der Waals surface area contributed by atoms with Crippen molar-refractivity contribution in [2.24, 2.45) is 0 Å². The van der Waals surface area contributed by atoms with Gasteiger partial charge in [-0.05, 0) is 60.9 Å². The molecular weight excluding hydrogens is 397 g/mol. The molecule has 10 heteroatoms. The zero-order valence-corrected chi connectivity index (χ0v) is 15.6. The first-order valence-electron chi connectivity index (χ1n) is 8.31. The highest BCUT2D eigenvalue weighted by molar-refractivity contribution is 7.92. The molecule has 2 aromatic rings. The van der Waals surface area contributed by atoms with Crippen LogP contribution >= 0.6 is 0 Å². The quantitative estimate of drug-likeness (QED) is 0.830. The van der Waals surface area contributed by atoms with Crippen molar-refractivity contribution in [3.05, 3.63) is 53.6 Å². The molecule has 6 nitrogen and oxygen atoms in total. The minimum Gasteiger partial charge on any atom is -0.406 e. The number of benzene rings is 2. The van der Waals surface area contributed by atoms with Gasteiger partial charge in [-0.1, -0.05) is 0 Å². The van der Waals surface area contributed by atoms with Crippen LogP contribution in [0.5, 0.6) is 5.75 Å². The van der Waals surface area contributed by atoms with Gasteiger partial charge >= 0.3 is 6.36 Å². The zero-order valence-electron chi connectivity index (χ0n) is 14.8. The van der Waals surface area contributed by atoms with Crippen molar-refractivity contribution in [3.8, 4) is 5.75 Å². The number of ether oxygens (including phenoxy) is 1. The van der Waals surface area contributed by atoms with Crippen molar-refractivity contribution >= 4 is 27.3 Å². The molecule has 0 saturated carbocycles. The van der Waals surface area contributed by atoms with E-state index in [1.165, 1.54) is 22.5 Å². The summed E-state index contributed by atoms with van der Waals surface area (Å²) in [6.07, 6.45) is -2.36. The normalized spacial score (nSPS) is 14.4. The highest BCUT2D eigenvalue weighted by atomic mass is 32.2. The minimum absolute atomic E-state index is 0.301. The third-order valence-corrected chi connectivity index (χ3v) is 5.34. The first kappa shape index (κ1) is 20.0. The van der Waals surface area contributed by atoms with Gasteiger partial charge in [0.05, 0.1) is 11.9 Å². The molecular formula is C18H17F3N2O4S. The summed E-state index contributed by atoms with van der Waals surface area (Å²) < 4.78 is 65.4. The Labute approximate surface area is 160 Å². The van der Waals surface area contributed by atoms with Gasteiger partial charge in [-0.25, -0.2) is 8.42 Å². The van der Waals surface area contributed by atoms with Crippen LogP contribution < -0.4 is 14.4 Å². The molecule has 0 radical (unpaired) electrons. The SMILES string of the molecule is CS(=O)(=O)N1CCCc2cc(C(=O)Nc3ccc(OC(F)(F)F)cc3)ccc21. The molecule has 0 fully saturated rings. The molecule has 1 aliphatic rings. The van der Waals surface area contributed by atoms with E-state index in [9.17, 15) is 26.4 Å². The first-order chi connectivity index (χ1) is 13.0. The van der Waals surface area contributed by atoms with Crippen LogP contribution in [0.15, 0.2) is 42.5 Å². The van der Waals surface area contributed by atoms with E-state index in [0.717, 1.165) is 24.0 Å². The largest absolute Gasteiger partial charge is 0.573 e. The molecule has 1 heterocycles. The van der Waals surface area contributed by atoms with Gasteiger partial charge in [0.2, 0.25) is 10.0 Å². The lowest BCUT2D eigenvalue weighted by Crippen LogP contribution is -2.34.